The third kappa shape index (κ3) is 2.44. The zero-order valence-electron chi connectivity index (χ0n) is 8.17. The number of carbonyl (C=O) groups is 3. The van der Waals surface area contributed by atoms with Crippen molar-refractivity contribution in [1.82, 2.24) is 5.32 Å². The highest BCUT2D eigenvalue weighted by molar-refractivity contribution is 7.10. The van der Waals surface area contributed by atoms with Crippen molar-refractivity contribution in [1.29, 1.82) is 0 Å². The quantitative estimate of drug-likeness (QED) is 0.467. The number of nitrogens with two attached hydrogens (primary N) is 1. The van der Waals surface area contributed by atoms with Crippen LogP contribution in [0.2, 0.25) is 0 Å². The molecule has 0 radical (unpaired) electrons. The molecule has 0 fully saturated rings. The minimum atomic E-state index is -1.82. The molecule has 1 aromatic heterocycles. The monoisotopic (exact) mass is 242 g/mol. The van der Waals surface area contributed by atoms with Gasteiger partial charge in [-0.3, -0.25) is 9.59 Å². The molecule has 0 spiro atoms. The molecule has 1 unspecified atom stereocenters. The Morgan fingerprint density at radius 2 is 2.31 bits per heavy atom. The summed E-state index contributed by atoms with van der Waals surface area (Å²) in [5, 5.41) is 12.1. The van der Waals surface area contributed by atoms with Crippen molar-refractivity contribution in [3.8, 4) is 0 Å². The lowest BCUT2D eigenvalue weighted by Gasteiger charge is -2.19. The lowest BCUT2D eigenvalue weighted by atomic mass is 10.00. The van der Waals surface area contributed by atoms with E-state index >= 15 is 0 Å². The van der Waals surface area contributed by atoms with Gasteiger partial charge in [-0.2, -0.15) is 0 Å². The van der Waals surface area contributed by atoms with Crippen molar-refractivity contribution in [3.63, 3.8) is 0 Å². The van der Waals surface area contributed by atoms with Gasteiger partial charge in [-0.15, -0.1) is 11.3 Å². The summed E-state index contributed by atoms with van der Waals surface area (Å²) in [5.41, 5.74) is 3.81. The number of hydrogen-bond donors (Lipinski definition) is 3. The van der Waals surface area contributed by atoms with E-state index in [0.29, 0.717) is 11.2 Å². The van der Waals surface area contributed by atoms with E-state index < -0.39 is 24.0 Å². The number of carbonyl (C=O) groups excluding carboxylic acids is 2. The number of hydrogen-bond acceptors (Lipinski definition) is 5. The zero-order chi connectivity index (χ0) is 12.2. The van der Waals surface area contributed by atoms with E-state index in [1.165, 1.54) is 0 Å². The van der Waals surface area contributed by atoms with Gasteiger partial charge in [0.1, 0.15) is 6.54 Å². The number of thiophene rings is 1. The predicted octanol–water partition coefficient (Wildman–Crippen LogP) is -0.698. The Morgan fingerprint density at radius 1 is 1.62 bits per heavy atom. The summed E-state index contributed by atoms with van der Waals surface area (Å²) in [7, 11) is 0. The Hall–Kier alpha value is -1.73. The number of amides is 1. The van der Waals surface area contributed by atoms with Crippen LogP contribution in [0, 0.1) is 0 Å². The average Bonchev–Trinajstić information content (AvgIpc) is 2.78. The highest BCUT2D eigenvalue weighted by atomic mass is 32.1. The summed E-state index contributed by atoms with van der Waals surface area (Å²) in [6.45, 7) is -0.572. The summed E-state index contributed by atoms with van der Waals surface area (Å²) in [6.07, 6.45) is 0.302. The molecular weight excluding hydrogens is 232 g/mol. The molecule has 1 aromatic rings. The van der Waals surface area contributed by atoms with Crippen molar-refractivity contribution in [2.75, 3.05) is 6.54 Å². The summed E-state index contributed by atoms with van der Waals surface area (Å²) < 4.78 is 0. The summed E-state index contributed by atoms with van der Waals surface area (Å²) >= 11 is 1.15. The van der Waals surface area contributed by atoms with Gasteiger partial charge in [0.15, 0.2) is 11.8 Å². The van der Waals surface area contributed by atoms with E-state index in [4.69, 9.17) is 10.8 Å². The Morgan fingerprint density at radius 3 is 2.75 bits per heavy atom. The second-order valence-corrected chi connectivity index (χ2v) is 3.99. The summed E-state index contributed by atoms with van der Waals surface area (Å²) in [6, 6.07) is 3.19. The van der Waals surface area contributed by atoms with Crippen LogP contribution in [0.3, 0.4) is 0 Å². The van der Waals surface area contributed by atoms with Crippen LogP contribution in [0.1, 0.15) is 4.88 Å². The smallest absolute Gasteiger partial charge is 0.322 e. The fourth-order valence-corrected chi connectivity index (χ4v) is 1.84. The maximum atomic E-state index is 11.6. The van der Waals surface area contributed by atoms with Crippen LogP contribution in [0.4, 0.5) is 0 Å². The lowest BCUT2D eigenvalue weighted by Crippen LogP contribution is -2.53. The molecule has 16 heavy (non-hydrogen) atoms. The minimum absolute atomic E-state index is 0.302. The molecule has 0 saturated heterocycles. The third-order valence-electron chi connectivity index (χ3n) is 1.89. The Kier molecular flexibility index (Phi) is 3.75. The molecular formula is C9H10N2O4S. The van der Waals surface area contributed by atoms with Gasteiger partial charge in [-0.25, -0.2) is 0 Å². The number of nitrogens with one attached hydrogen (secondary N) is 1. The van der Waals surface area contributed by atoms with Crippen LogP contribution in [0.25, 0.3) is 0 Å². The van der Waals surface area contributed by atoms with Gasteiger partial charge < -0.3 is 21.0 Å². The number of aliphatic carboxylic acids is 1. The largest absolute Gasteiger partial charge is 0.480 e. The highest BCUT2D eigenvalue weighted by Crippen LogP contribution is 2.21. The minimum Gasteiger partial charge on any atom is -0.480 e. The van der Waals surface area contributed by atoms with Crippen molar-refractivity contribution in [3.05, 3.63) is 22.4 Å². The summed E-state index contributed by atoms with van der Waals surface area (Å²) in [5.74, 6) is -2.03. The van der Waals surface area contributed by atoms with Crippen LogP contribution in [0.5, 0.6) is 0 Å². The molecule has 1 atom stereocenters. The maximum Gasteiger partial charge on any atom is 0.322 e. The van der Waals surface area contributed by atoms with E-state index in [9.17, 15) is 14.4 Å². The van der Waals surface area contributed by atoms with Crippen LogP contribution in [0.15, 0.2) is 17.5 Å². The first-order valence-electron chi connectivity index (χ1n) is 4.30. The Labute approximate surface area is 95.1 Å². The summed E-state index contributed by atoms with van der Waals surface area (Å²) in [4.78, 5) is 33.1. The average molecular weight is 242 g/mol. The molecule has 0 aliphatic carbocycles. The lowest BCUT2D eigenvalue weighted by molar-refractivity contribution is -0.139. The SMILES string of the molecule is NC(C=O)(C(=O)NCC(=O)O)c1cccs1. The molecule has 7 heteroatoms. The molecule has 0 aliphatic heterocycles. The van der Waals surface area contributed by atoms with Crippen molar-refractivity contribution >= 4 is 29.5 Å². The molecule has 0 aromatic carbocycles. The molecule has 0 aliphatic rings. The van der Waals surface area contributed by atoms with Gasteiger partial charge in [-0.1, -0.05) is 6.07 Å². The molecule has 86 valence electrons. The van der Waals surface area contributed by atoms with Gasteiger partial charge in [0, 0.05) is 4.88 Å². The highest BCUT2D eigenvalue weighted by Gasteiger charge is 2.36. The Bertz CT molecular complexity index is 404. The number of aldehydes is 1. The first kappa shape index (κ1) is 12.3. The Balaban J connectivity index is 2.84. The number of rotatable bonds is 5. The second-order valence-electron chi connectivity index (χ2n) is 3.04. The molecule has 1 amide bonds. The van der Waals surface area contributed by atoms with Gasteiger partial charge in [0.05, 0.1) is 0 Å². The van der Waals surface area contributed by atoms with Gasteiger partial charge >= 0.3 is 5.97 Å². The topological polar surface area (TPSA) is 109 Å². The van der Waals surface area contributed by atoms with Crippen LogP contribution in [-0.4, -0.2) is 29.8 Å². The first-order chi connectivity index (χ1) is 7.50. The van der Waals surface area contributed by atoms with Crippen LogP contribution >= 0.6 is 11.3 Å². The van der Waals surface area contributed by atoms with Gasteiger partial charge in [-0.05, 0) is 11.4 Å². The van der Waals surface area contributed by atoms with E-state index in [1.54, 1.807) is 17.5 Å². The fourth-order valence-electron chi connectivity index (χ4n) is 1.04. The third-order valence-corrected chi connectivity index (χ3v) is 2.91. The molecule has 4 N–H and O–H groups in total. The van der Waals surface area contributed by atoms with E-state index in [0.717, 1.165) is 11.3 Å². The first-order valence-corrected chi connectivity index (χ1v) is 5.18. The van der Waals surface area contributed by atoms with Crippen LogP contribution in [-0.2, 0) is 19.9 Å². The van der Waals surface area contributed by atoms with E-state index in [1.807, 2.05) is 0 Å². The maximum absolute atomic E-state index is 11.6. The van der Waals surface area contributed by atoms with Crippen molar-refractivity contribution in [2.45, 2.75) is 5.54 Å². The number of carboxylic acids is 1. The number of carboxylic acid groups (broad SMARTS) is 1. The van der Waals surface area contributed by atoms with E-state index in [-0.39, 0.29) is 0 Å². The fraction of sp³-hybridized carbons (Fsp3) is 0.222. The van der Waals surface area contributed by atoms with Crippen molar-refractivity contribution in [2.24, 2.45) is 5.73 Å². The standard InChI is InChI=1S/C9H10N2O4S/c10-9(5-12,6-2-1-3-16-6)8(15)11-4-7(13)14/h1-3,5H,4,10H2,(H,11,15)(H,13,14). The molecule has 1 rings (SSSR count). The van der Waals surface area contributed by atoms with Gasteiger partial charge in [0.2, 0.25) is 0 Å². The van der Waals surface area contributed by atoms with E-state index in [2.05, 4.69) is 5.32 Å². The van der Waals surface area contributed by atoms with Gasteiger partial charge in [0.25, 0.3) is 5.91 Å². The molecule has 1 heterocycles. The molecule has 0 saturated carbocycles. The normalized spacial score (nSPS) is 13.8. The molecule has 0 bridgehead atoms. The zero-order valence-corrected chi connectivity index (χ0v) is 8.99. The molecule has 6 nitrogen and oxygen atoms in total. The second kappa shape index (κ2) is 4.86. The predicted molar refractivity (Wildman–Crippen MR) is 56.9 cm³/mol. The van der Waals surface area contributed by atoms with Crippen LogP contribution < -0.4 is 11.1 Å². The van der Waals surface area contributed by atoms with Crippen molar-refractivity contribution < 1.29 is 19.5 Å².